The summed E-state index contributed by atoms with van der Waals surface area (Å²) in [5.74, 6) is -1.04. The second kappa shape index (κ2) is 4.65. The molecule has 0 spiro atoms. The van der Waals surface area contributed by atoms with Crippen molar-refractivity contribution in [3.05, 3.63) is 18.2 Å². The molecule has 92 valence electrons. The highest BCUT2D eigenvalue weighted by atomic mass is 19.1. The van der Waals surface area contributed by atoms with Gasteiger partial charge in [-0.3, -0.25) is 4.79 Å². The molecule has 1 saturated heterocycles. The molecule has 2 heterocycles. The lowest BCUT2D eigenvalue weighted by molar-refractivity contribution is -0.144. The van der Waals surface area contributed by atoms with Gasteiger partial charge >= 0.3 is 5.97 Å². The van der Waals surface area contributed by atoms with Gasteiger partial charge in [-0.05, 0) is 12.3 Å². The fourth-order valence-corrected chi connectivity index (χ4v) is 2.16. The molecule has 1 aromatic rings. The number of hydrogen-bond acceptors (Lipinski definition) is 4. The van der Waals surface area contributed by atoms with Crippen LogP contribution in [-0.2, 0) is 4.79 Å². The monoisotopic (exact) mass is 239 g/mol. The quantitative estimate of drug-likeness (QED) is 0.839. The molecule has 1 N–H and O–H groups in total. The van der Waals surface area contributed by atoms with E-state index < -0.39 is 11.8 Å². The molecule has 0 saturated carbocycles. The van der Waals surface area contributed by atoms with Gasteiger partial charge in [0.2, 0.25) is 5.95 Å². The van der Waals surface area contributed by atoms with E-state index >= 15 is 0 Å². The topological polar surface area (TPSA) is 66.3 Å². The Morgan fingerprint density at radius 2 is 2.18 bits per heavy atom. The summed E-state index contributed by atoms with van der Waals surface area (Å²) in [5, 5.41) is 9.00. The van der Waals surface area contributed by atoms with Gasteiger partial charge in [-0.1, -0.05) is 6.92 Å². The average molecular weight is 239 g/mol. The van der Waals surface area contributed by atoms with Crippen molar-refractivity contribution in [3.63, 3.8) is 0 Å². The SMILES string of the molecule is CC1CN(c2ncc(F)cn2)CCC1C(=O)O. The largest absolute Gasteiger partial charge is 0.481 e. The second-order valence-electron chi connectivity index (χ2n) is 4.36. The van der Waals surface area contributed by atoms with E-state index in [2.05, 4.69) is 9.97 Å². The summed E-state index contributed by atoms with van der Waals surface area (Å²) in [7, 11) is 0. The molecule has 1 aliphatic rings. The fraction of sp³-hybridized carbons (Fsp3) is 0.545. The number of aromatic nitrogens is 2. The molecule has 0 aliphatic carbocycles. The summed E-state index contributed by atoms with van der Waals surface area (Å²) in [6.07, 6.45) is 2.81. The van der Waals surface area contributed by atoms with Gasteiger partial charge in [0.05, 0.1) is 18.3 Å². The Morgan fingerprint density at radius 1 is 1.53 bits per heavy atom. The molecule has 2 rings (SSSR count). The van der Waals surface area contributed by atoms with E-state index in [0.717, 1.165) is 12.4 Å². The van der Waals surface area contributed by atoms with Gasteiger partial charge in [-0.15, -0.1) is 0 Å². The predicted molar refractivity (Wildman–Crippen MR) is 59.1 cm³/mol. The molecule has 1 fully saturated rings. The zero-order valence-electron chi connectivity index (χ0n) is 9.51. The number of anilines is 1. The lowest BCUT2D eigenvalue weighted by atomic mass is 9.87. The number of hydrogen-bond donors (Lipinski definition) is 1. The average Bonchev–Trinajstić information content (AvgIpc) is 2.29. The van der Waals surface area contributed by atoms with Crippen LogP contribution in [0.25, 0.3) is 0 Å². The molecule has 1 aliphatic heterocycles. The highest BCUT2D eigenvalue weighted by molar-refractivity contribution is 5.70. The third-order valence-electron chi connectivity index (χ3n) is 3.11. The maximum atomic E-state index is 12.7. The van der Waals surface area contributed by atoms with Crippen molar-refractivity contribution >= 4 is 11.9 Å². The molecule has 2 atom stereocenters. The van der Waals surface area contributed by atoms with Crippen LogP contribution in [0.1, 0.15) is 13.3 Å². The van der Waals surface area contributed by atoms with Crippen molar-refractivity contribution in [2.24, 2.45) is 11.8 Å². The second-order valence-corrected chi connectivity index (χ2v) is 4.36. The van der Waals surface area contributed by atoms with Crippen LogP contribution in [0.2, 0.25) is 0 Å². The van der Waals surface area contributed by atoms with Gasteiger partial charge in [0, 0.05) is 13.1 Å². The molecular formula is C11H14FN3O2. The third-order valence-corrected chi connectivity index (χ3v) is 3.11. The van der Waals surface area contributed by atoms with Crippen molar-refractivity contribution in [1.82, 2.24) is 9.97 Å². The smallest absolute Gasteiger partial charge is 0.306 e. The van der Waals surface area contributed by atoms with Gasteiger partial charge in [-0.2, -0.15) is 0 Å². The molecule has 17 heavy (non-hydrogen) atoms. The highest BCUT2D eigenvalue weighted by Crippen LogP contribution is 2.25. The minimum absolute atomic E-state index is 0.0369. The molecule has 2 unspecified atom stereocenters. The fourth-order valence-electron chi connectivity index (χ4n) is 2.16. The van der Waals surface area contributed by atoms with Crippen molar-refractivity contribution in [1.29, 1.82) is 0 Å². The van der Waals surface area contributed by atoms with Crippen molar-refractivity contribution < 1.29 is 14.3 Å². The maximum absolute atomic E-state index is 12.7. The van der Waals surface area contributed by atoms with Crippen molar-refractivity contribution in [2.45, 2.75) is 13.3 Å². The van der Waals surface area contributed by atoms with Crippen molar-refractivity contribution in [3.8, 4) is 0 Å². The number of piperidine rings is 1. The third kappa shape index (κ3) is 2.51. The minimum Gasteiger partial charge on any atom is -0.481 e. The van der Waals surface area contributed by atoms with E-state index in [1.54, 1.807) is 0 Å². The predicted octanol–water partition coefficient (Wildman–Crippen LogP) is 1.16. The van der Waals surface area contributed by atoms with Crippen LogP contribution in [0.15, 0.2) is 12.4 Å². The summed E-state index contributed by atoms with van der Waals surface area (Å²) in [6, 6.07) is 0. The Bertz CT molecular complexity index is 410. The van der Waals surface area contributed by atoms with Gasteiger partial charge in [0.15, 0.2) is 5.82 Å². The Kier molecular flexibility index (Phi) is 3.21. The normalized spacial score (nSPS) is 24.7. The van der Waals surface area contributed by atoms with E-state index in [1.165, 1.54) is 0 Å². The molecule has 0 amide bonds. The molecule has 0 radical (unpaired) electrons. The zero-order valence-corrected chi connectivity index (χ0v) is 9.51. The Hall–Kier alpha value is -1.72. The molecular weight excluding hydrogens is 225 g/mol. The lowest BCUT2D eigenvalue weighted by Crippen LogP contribution is -2.42. The molecule has 1 aromatic heterocycles. The van der Waals surface area contributed by atoms with E-state index in [9.17, 15) is 9.18 Å². The number of aliphatic carboxylic acids is 1. The molecule has 0 aromatic carbocycles. The first-order chi connectivity index (χ1) is 8.08. The van der Waals surface area contributed by atoms with Crippen LogP contribution in [-0.4, -0.2) is 34.1 Å². The molecule has 5 nitrogen and oxygen atoms in total. The first-order valence-corrected chi connectivity index (χ1v) is 5.53. The first kappa shape index (κ1) is 11.8. The van der Waals surface area contributed by atoms with Gasteiger partial charge in [-0.25, -0.2) is 14.4 Å². The number of carboxylic acids is 1. The zero-order chi connectivity index (χ0) is 12.4. The molecule has 6 heteroatoms. The van der Waals surface area contributed by atoms with Crippen molar-refractivity contribution in [2.75, 3.05) is 18.0 Å². The van der Waals surface area contributed by atoms with Gasteiger partial charge < -0.3 is 10.0 Å². The van der Waals surface area contributed by atoms with Crippen LogP contribution >= 0.6 is 0 Å². The highest BCUT2D eigenvalue weighted by Gasteiger charge is 2.31. The van der Waals surface area contributed by atoms with E-state index in [0.29, 0.717) is 25.5 Å². The number of halogens is 1. The summed E-state index contributed by atoms with van der Waals surface area (Å²) in [6.45, 7) is 3.07. The number of nitrogens with zero attached hydrogens (tertiary/aromatic N) is 3. The van der Waals surface area contributed by atoms with Crippen LogP contribution in [0.3, 0.4) is 0 Å². The standard InChI is InChI=1S/C11H14FN3O2/c1-7-6-15(3-2-9(7)10(16)17)11-13-4-8(12)5-14-11/h4-5,7,9H,2-3,6H2,1H3,(H,16,17). The first-order valence-electron chi connectivity index (χ1n) is 5.53. The van der Waals surface area contributed by atoms with Crippen LogP contribution in [0.5, 0.6) is 0 Å². The molecule has 0 bridgehead atoms. The number of carbonyl (C=O) groups is 1. The summed E-state index contributed by atoms with van der Waals surface area (Å²) < 4.78 is 12.7. The van der Waals surface area contributed by atoms with Gasteiger partial charge in [0.1, 0.15) is 0 Å². The minimum atomic E-state index is -0.753. The lowest BCUT2D eigenvalue weighted by Gasteiger charge is -2.34. The Morgan fingerprint density at radius 3 is 2.71 bits per heavy atom. The summed E-state index contributed by atoms with van der Waals surface area (Å²) in [4.78, 5) is 20.6. The Labute approximate surface area is 98.3 Å². The Balaban J connectivity index is 2.06. The van der Waals surface area contributed by atoms with E-state index in [4.69, 9.17) is 5.11 Å². The number of rotatable bonds is 2. The van der Waals surface area contributed by atoms with Crippen LogP contribution in [0.4, 0.5) is 10.3 Å². The van der Waals surface area contributed by atoms with E-state index in [-0.39, 0.29) is 11.8 Å². The maximum Gasteiger partial charge on any atom is 0.306 e. The summed E-state index contributed by atoms with van der Waals surface area (Å²) >= 11 is 0. The van der Waals surface area contributed by atoms with Gasteiger partial charge in [0.25, 0.3) is 0 Å². The number of carboxylic acid groups (broad SMARTS) is 1. The van der Waals surface area contributed by atoms with E-state index in [1.807, 2.05) is 11.8 Å². The van der Waals surface area contributed by atoms with Crippen LogP contribution < -0.4 is 4.90 Å². The van der Waals surface area contributed by atoms with Crippen LogP contribution in [0, 0.1) is 17.7 Å². The summed E-state index contributed by atoms with van der Waals surface area (Å²) in [5.41, 5.74) is 0.